The molecule has 2 aromatic heterocycles. The number of rotatable bonds is 11. The smallest absolute Gasteiger partial charge is 0.356 e. The number of hydrogen-bond acceptors (Lipinski definition) is 8. The summed E-state index contributed by atoms with van der Waals surface area (Å²) in [4.78, 5) is 12.4. The fraction of sp³-hybridized carbons (Fsp3) is 0.261. The van der Waals surface area contributed by atoms with Crippen LogP contribution in [0.5, 0.6) is 0 Å². The molecule has 0 saturated heterocycles. The van der Waals surface area contributed by atoms with Crippen LogP contribution >= 0.6 is 7.60 Å². The summed E-state index contributed by atoms with van der Waals surface area (Å²) in [6.45, 7) is 2.62. The van der Waals surface area contributed by atoms with Gasteiger partial charge in [-0.3, -0.25) is 4.57 Å². The lowest BCUT2D eigenvalue weighted by atomic mass is 10.2. The Bertz CT molecular complexity index is 1170. The Balaban J connectivity index is 1.40. The Hall–Kier alpha value is -3.10. The molecule has 1 atom stereocenters. The predicted molar refractivity (Wildman–Crippen MR) is 125 cm³/mol. The standard InChI is InChI=1S/C23H26N5O4P/c1-18(12-28-16-27-21-22(24)25-15-26-23(21)28)30-17-33(29,31-13-19-8-4-2-5-9-19)32-14-20-10-6-3-7-11-20/h2-11,15-16,18H,12-14,17H2,1H3,(H2,24,25,26)/t18-/m1/s1. The van der Waals surface area contributed by atoms with Crippen molar-refractivity contribution in [2.75, 3.05) is 12.1 Å². The average Bonchev–Trinajstić information content (AvgIpc) is 3.26. The first-order valence-electron chi connectivity index (χ1n) is 10.5. The molecule has 0 fully saturated rings. The molecule has 2 heterocycles. The van der Waals surface area contributed by atoms with E-state index in [2.05, 4.69) is 15.0 Å². The van der Waals surface area contributed by atoms with Gasteiger partial charge in [-0.1, -0.05) is 60.7 Å². The number of hydrogen-bond donors (Lipinski definition) is 1. The molecule has 0 aliphatic carbocycles. The Morgan fingerprint density at radius 3 is 2.15 bits per heavy atom. The van der Waals surface area contributed by atoms with Crippen LogP contribution in [0.25, 0.3) is 11.2 Å². The van der Waals surface area contributed by atoms with Crippen molar-refractivity contribution in [3.05, 3.63) is 84.4 Å². The zero-order chi connectivity index (χ0) is 23.1. The first kappa shape index (κ1) is 23.1. The highest BCUT2D eigenvalue weighted by Gasteiger charge is 2.27. The van der Waals surface area contributed by atoms with Crippen molar-refractivity contribution in [2.45, 2.75) is 32.8 Å². The minimum Gasteiger partial charge on any atom is -0.382 e. The molecule has 0 radical (unpaired) electrons. The van der Waals surface area contributed by atoms with Crippen LogP contribution < -0.4 is 5.73 Å². The van der Waals surface area contributed by atoms with Gasteiger partial charge in [0.15, 0.2) is 11.5 Å². The van der Waals surface area contributed by atoms with Crippen LogP contribution in [0.3, 0.4) is 0 Å². The van der Waals surface area contributed by atoms with Crippen molar-refractivity contribution in [3.63, 3.8) is 0 Å². The molecule has 2 aromatic carbocycles. The van der Waals surface area contributed by atoms with E-state index in [1.54, 1.807) is 6.33 Å². The van der Waals surface area contributed by atoms with E-state index in [0.29, 0.717) is 23.5 Å². The highest BCUT2D eigenvalue weighted by atomic mass is 31.2. The summed E-state index contributed by atoms with van der Waals surface area (Å²) in [5.41, 5.74) is 8.80. The molecule has 0 aliphatic rings. The molecule has 172 valence electrons. The van der Waals surface area contributed by atoms with Gasteiger partial charge >= 0.3 is 7.60 Å². The molecule has 0 aliphatic heterocycles. The van der Waals surface area contributed by atoms with Gasteiger partial charge in [0.05, 0.1) is 32.2 Å². The number of nitrogen functional groups attached to an aromatic ring is 1. The van der Waals surface area contributed by atoms with Crippen LogP contribution in [0.15, 0.2) is 73.3 Å². The normalized spacial score (nSPS) is 12.8. The van der Waals surface area contributed by atoms with Gasteiger partial charge in [0, 0.05) is 0 Å². The lowest BCUT2D eigenvalue weighted by molar-refractivity contribution is 0.0634. The molecule has 9 nitrogen and oxygen atoms in total. The van der Waals surface area contributed by atoms with Gasteiger partial charge in [0.25, 0.3) is 0 Å². The number of nitrogens with zero attached hydrogens (tertiary/aromatic N) is 4. The van der Waals surface area contributed by atoms with Crippen molar-refractivity contribution in [1.29, 1.82) is 0 Å². The van der Waals surface area contributed by atoms with E-state index in [4.69, 9.17) is 19.5 Å². The van der Waals surface area contributed by atoms with Gasteiger partial charge in [0.1, 0.15) is 18.2 Å². The summed E-state index contributed by atoms with van der Waals surface area (Å²) in [7, 11) is -3.54. The lowest BCUT2D eigenvalue weighted by Crippen LogP contribution is -2.18. The first-order valence-corrected chi connectivity index (χ1v) is 12.2. The molecule has 4 rings (SSSR count). The van der Waals surface area contributed by atoms with E-state index in [0.717, 1.165) is 11.1 Å². The monoisotopic (exact) mass is 467 g/mol. The van der Waals surface area contributed by atoms with Gasteiger partial charge in [-0.05, 0) is 18.1 Å². The molecule has 0 spiro atoms. The molecule has 10 heteroatoms. The maximum Gasteiger partial charge on any atom is 0.356 e. The van der Waals surface area contributed by atoms with Crippen LogP contribution in [0.2, 0.25) is 0 Å². The fourth-order valence-corrected chi connectivity index (χ4v) is 4.54. The number of aromatic nitrogens is 4. The summed E-state index contributed by atoms with van der Waals surface area (Å²) < 4.78 is 32.7. The average molecular weight is 467 g/mol. The Morgan fingerprint density at radius 2 is 1.55 bits per heavy atom. The van der Waals surface area contributed by atoms with Crippen LogP contribution in [0, 0.1) is 0 Å². The first-order chi connectivity index (χ1) is 16.0. The number of fused-ring (bicyclic) bond motifs is 1. The maximum absolute atomic E-state index is 13.5. The third kappa shape index (κ3) is 6.24. The number of benzene rings is 2. The highest BCUT2D eigenvalue weighted by molar-refractivity contribution is 7.53. The van der Waals surface area contributed by atoms with Gasteiger partial charge in [-0.25, -0.2) is 15.0 Å². The third-order valence-electron chi connectivity index (χ3n) is 4.94. The minimum absolute atomic E-state index is 0.160. The second kappa shape index (κ2) is 10.7. The van der Waals surface area contributed by atoms with Crippen molar-refractivity contribution in [1.82, 2.24) is 19.5 Å². The van der Waals surface area contributed by atoms with E-state index >= 15 is 0 Å². The van der Waals surface area contributed by atoms with Crippen molar-refractivity contribution < 1.29 is 18.3 Å². The molecule has 0 unspecified atom stereocenters. The molecule has 0 amide bonds. The summed E-state index contributed by atoms with van der Waals surface area (Å²) in [5.74, 6) is 0.320. The van der Waals surface area contributed by atoms with Gasteiger partial charge in [-0.15, -0.1) is 0 Å². The molecule has 0 saturated carbocycles. The zero-order valence-corrected chi connectivity index (χ0v) is 19.2. The van der Waals surface area contributed by atoms with Crippen molar-refractivity contribution in [3.8, 4) is 0 Å². The summed E-state index contributed by atoms with van der Waals surface area (Å²) in [5, 5.41) is 0. The molecule has 4 aromatic rings. The summed E-state index contributed by atoms with van der Waals surface area (Å²) >= 11 is 0. The SMILES string of the molecule is C[C@H](Cn1cnc2c(N)ncnc21)OCP(=O)(OCc1ccccc1)OCc1ccccc1. The van der Waals surface area contributed by atoms with Crippen LogP contribution in [-0.2, 0) is 38.1 Å². The van der Waals surface area contributed by atoms with Crippen LogP contribution in [0.4, 0.5) is 5.82 Å². The quantitative estimate of drug-likeness (QED) is 0.323. The second-order valence-corrected chi connectivity index (χ2v) is 9.56. The summed E-state index contributed by atoms with van der Waals surface area (Å²) in [6.07, 6.45) is 2.53. The van der Waals surface area contributed by atoms with E-state index < -0.39 is 7.60 Å². The van der Waals surface area contributed by atoms with Crippen molar-refractivity contribution >= 4 is 24.6 Å². The number of ether oxygens (including phenoxy) is 1. The van der Waals surface area contributed by atoms with E-state index in [1.165, 1.54) is 6.33 Å². The third-order valence-corrected chi connectivity index (χ3v) is 6.45. The molecular formula is C23H26N5O4P. The van der Waals surface area contributed by atoms with Gasteiger partial charge < -0.3 is 24.1 Å². The molecular weight excluding hydrogens is 441 g/mol. The number of anilines is 1. The van der Waals surface area contributed by atoms with Gasteiger partial charge in [-0.2, -0.15) is 0 Å². The second-order valence-electron chi connectivity index (χ2n) is 7.56. The van der Waals surface area contributed by atoms with E-state index in [-0.39, 0.29) is 25.7 Å². The Labute approximate surface area is 192 Å². The molecule has 2 N–H and O–H groups in total. The zero-order valence-electron chi connectivity index (χ0n) is 18.3. The molecule has 0 bridgehead atoms. The molecule has 33 heavy (non-hydrogen) atoms. The predicted octanol–water partition coefficient (Wildman–Crippen LogP) is 4.40. The summed E-state index contributed by atoms with van der Waals surface area (Å²) in [6, 6.07) is 19.1. The Kier molecular flexibility index (Phi) is 7.47. The topological polar surface area (TPSA) is 114 Å². The number of nitrogens with two attached hydrogens (primary N) is 1. The van der Waals surface area contributed by atoms with Crippen LogP contribution in [0.1, 0.15) is 18.1 Å². The Morgan fingerprint density at radius 1 is 0.939 bits per heavy atom. The van der Waals surface area contributed by atoms with E-state index in [1.807, 2.05) is 72.2 Å². The fourth-order valence-electron chi connectivity index (χ4n) is 3.19. The maximum atomic E-state index is 13.5. The van der Waals surface area contributed by atoms with E-state index in [9.17, 15) is 4.57 Å². The minimum atomic E-state index is -3.54. The highest BCUT2D eigenvalue weighted by Crippen LogP contribution is 2.50. The largest absolute Gasteiger partial charge is 0.382 e. The number of imidazole rings is 1. The lowest BCUT2D eigenvalue weighted by Gasteiger charge is -2.21. The van der Waals surface area contributed by atoms with Crippen LogP contribution in [-0.4, -0.2) is 32.0 Å². The van der Waals surface area contributed by atoms with Crippen molar-refractivity contribution in [2.24, 2.45) is 0 Å². The van der Waals surface area contributed by atoms with Gasteiger partial charge in [0.2, 0.25) is 0 Å².